The fourth-order valence-corrected chi connectivity index (χ4v) is 1.34. The Morgan fingerprint density at radius 3 is 2.53 bits per heavy atom. The van der Waals surface area contributed by atoms with Crippen molar-refractivity contribution in [2.75, 3.05) is 11.3 Å². The van der Waals surface area contributed by atoms with Gasteiger partial charge in [-0.3, -0.25) is 0 Å². The molecule has 0 amide bonds. The van der Waals surface area contributed by atoms with Gasteiger partial charge in [-0.2, -0.15) is 5.10 Å². The molecule has 0 atom stereocenters. The highest BCUT2D eigenvalue weighted by Gasteiger charge is 2.05. The second-order valence-corrected chi connectivity index (χ2v) is 3.44. The maximum Gasteiger partial charge on any atom is 0.263 e. The molecule has 0 radical (unpaired) electrons. The summed E-state index contributed by atoms with van der Waals surface area (Å²) in [6.45, 7) is 1.96. The molecule has 0 spiro atoms. The maximum absolute atomic E-state index is 5.75. The summed E-state index contributed by atoms with van der Waals surface area (Å²) in [7, 11) is 0. The molecule has 2 aromatic rings. The molecule has 0 bridgehead atoms. The van der Waals surface area contributed by atoms with Crippen LogP contribution in [0.25, 0.3) is 0 Å². The van der Waals surface area contributed by atoms with Crippen molar-refractivity contribution in [3.63, 3.8) is 0 Å². The summed E-state index contributed by atoms with van der Waals surface area (Å²) < 4.78 is 1.39. The number of hydrazone groups is 1. The Hall–Kier alpha value is -1.79. The van der Waals surface area contributed by atoms with Crippen molar-refractivity contribution in [2.45, 2.75) is 13.3 Å². The minimum atomic E-state index is 0. The smallest absolute Gasteiger partial charge is 0.263 e. The summed E-state index contributed by atoms with van der Waals surface area (Å²) in [5.74, 6) is 6.88. The van der Waals surface area contributed by atoms with E-state index < -0.39 is 0 Å². The molecule has 0 unspecified atom stereocenters. The lowest BCUT2D eigenvalue weighted by Gasteiger charge is -2.00. The minimum Gasteiger partial charge on any atom is -0.335 e. The van der Waals surface area contributed by atoms with E-state index in [9.17, 15) is 0 Å². The average molecular weight is 303 g/mol. The van der Waals surface area contributed by atoms with Crippen LogP contribution >= 0.6 is 24.8 Å². The highest BCUT2D eigenvalue weighted by Crippen LogP contribution is 2.03. The van der Waals surface area contributed by atoms with Gasteiger partial charge in [-0.25, -0.2) is 10.1 Å². The van der Waals surface area contributed by atoms with E-state index in [1.54, 1.807) is 6.21 Å². The number of aromatic nitrogens is 3. The molecular formula is C11H16Cl2N6. The predicted molar refractivity (Wildman–Crippen MR) is 81.7 cm³/mol. The molecule has 6 nitrogen and oxygen atoms in total. The Balaban J connectivity index is 0.00000162. The molecule has 19 heavy (non-hydrogen) atoms. The van der Waals surface area contributed by atoms with E-state index in [0.29, 0.717) is 11.8 Å². The summed E-state index contributed by atoms with van der Waals surface area (Å²) in [6, 6.07) is 9.75. The van der Waals surface area contributed by atoms with Crippen molar-refractivity contribution >= 4 is 37.0 Å². The number of halogens is 2. The Kier molecular flexibility index (Phi) is 7.55. The number of benzene rings is 1. The topological polar surface area (TPSA) is 81.1 Å². The molecule has 8 heteroatoms. The van der Waals surface area contributed by atoms with Crippen LogP contribution in [0.2, 0.25) is 0 Å². The van der Waals surface area contributed by atoms with E-state index in [1.165, 1.54) is 4.68 Å². The third-order valence-electron chi connectivity index (χ3n) is 2.26. The van der Waals surface area contributed by atoms with Crippen molar-refractivity contribution in [3.8, 4) is 0 Å². The molecule has 3 N–H and O–H groups in total. The van der Waals surface area contributed by atoms with Crippen LogP contribution in [0.15, 0.2) is 35.4 Å². The van der Waals surface area contributed by atoms with Gasteiger partial charge in [-0.05, 0) is 5.56 Å². The summed E-state index contributed by atoms with van der Waals surface area (Å²) >= 11 is 0. The van der Waals surface area contributed by atoms with Gasteiger partial charge >= 0.3 is 0 Å². The highest BCUT2D eigenvalue weighted by molar-refractivity contribution is 5.85. The first kappa shape index (κ1) is 17.2. The van der Waals surface area contributed by atoms with Crippen LogP contribution in [0.4, 0.5) is 5.95 Å². The van der Waals surface area contributed by atoms with Gasteiger partial charge in [0.25, 0.3) is 5.95 Å². The summed E-state index contributed by atoms with van der Waals surface area (Å²) in [5, 5.41) is 11.8. The number of aryl methyl sites for hydroxylation is 1. The Labute approximate surface area is 123 Å². The number of rotatable bonds is 4. The molecule has 1 aromatic carbocycles. The zero-order chi connectivity index (χ0) is 12.1. The van der Waals surface area contributed by atoms with Crippen molar-refractivity contribution in [2.24, 2.45) is 5.10 Å². The van der Waals surface area contributed by atoms with Crippen LogP contribution in [-0.4, -0.2) is 21.1 Å². The molecule has 104 valence electrons. The molecule has 1 heterocycles. The zero-order valence-electron chi connectivity index (χ0n) is 10.4. The molecular weight excluding hydrogens is 287 g/mol. The first-order valence-electron chi connectivity index (χ1n) is 5.34. The van der Waals surface area contributed by atoms with Gasteiger partial charge in [-0.15, -0.1) is 35.0 Å². The first-order valence-corrected chi connectivity index (χ1v) is 5.34. The summed E-state index contributed by atoms with van der Waals surface area (Å²) in [6.07, 6.45) is 2.42. The standard InChI is InChI=1S/C11H14N6.2ClH/c1-2-10-14-16-11(17(10)12)15-13-8-9-6-4-3-5-7-9;;/h3-8H,2,12H2,1H3,(H,15,16);2*1H. The second-order valence-electron chi connectivity index (χ2n) is 3.44. The molecule has 0 aliphatic rings. The lowest BCUT2D eigenvalue weighted by molar-refractivity contribution is 0.855. The third kappa shape index (κ3) is 4.42. The Bertz CT molecular complexity index is 511. The van der Waals surface area contributed by atoms with Crippen LogP contribution in [0.1, 0.15) is 18.3 Å². The normalized spacial score (nSPS) is 9.74. The van der Waals surface area contributed by atoms with Crippen LogP contribution in [0.5, 0.6) is 0 Å². The van der Waals surface area contributed by atoms with Gasteiger partial charge in [0.05, 0.1) is 6.21 Å². The lowest BCUT2D eigenvalue weighted by Crippen LogP contribution is -2.14. The predicted octanol–water partition coefficient (Wildman–Crippen LogP) is 1.84. The van der Waals surface area contributed by atoms with E-state index >= 15 is 0 Å². The molecule has 0 fully saturated rings. The Morgan fingerprint density at radius 1 is 1.26 bits per heavy atom. The number of nitrogens with two attached hydrogens (primary N) is 1. The van der Waals surface area contributed by atoms with E-state index in [0.717, 1.165) is 12.0 Å². The van der Waals surface area contributed by atoms with Crippen LogP contribution in [0, 0.1) is 0 Å². The van der Waals surface area contributed by atoms with Crippen LogP contribution in [0.3, 0.4) is 0 Å². The third-order valence-corrected chi connectivity index (χ3v) is 2.26. The lowest BCUT2D eigenvalue weighted by atomic mass is 10.2. The van der Waals surface area contributed by atoms with Gasteiger partial charge in [0.1, 0.15) is 0 Å². The fraction of sp³-hybridized carbons (Fsp3) is 0.182. The first-order chi connectivity index (χ1) is 8.31. The van der Waals surface area contributed by atoms with Crippen LogP contribution < -0.4 is 11.3 Å². The highest BCUT2D eigenvalue weighted by atomic mass is 35.5. The molecule has 0 aliphatic heterocycles. The van der Waals surface area contributed by atoms with Gasteiger partial charge in [-0.1, -0.05) is 37.3 Å². The molecule has 1 aromatic heterocycles. The van der Waals surface area contributed by atoms with Crippen molar-refractivity contribution in [3.05, 3.63) is 41.7 Å². The van der Waals surface area contributed by atoms with Gasteiger partial charge < -0.3 is 5.84 Å². The van der Waals surface area contributed by atoms with Gasteiger partial charge in [0.15, 0.2) is 5.82 Å². The second kappa shape index (κ2) is 8.34. The number of hydrogen-bond donors (Lipinski definition) is 2. The number of nitrogens with one attached hydrogen (secondary N) is 1. The largest absolute Gasteiger partial charge is 0.335 e. The minimum absolute atomic E-state index is 0. The van der Waals surface area contributed by atoms with Gasteiger partial charge in [0.2, 0.25) is 0 Å². The average Bonchev–Trinajstić information content (AvgIpc) is 2.72. The van der Waals surface area contributed by atoms with Crippen LogP contribution in [-0.2, 0) is 6.42 Å². The van der Waals surface area contributed by atoms with E-state index in [1.807, 2.05) is 37.3 Å². The van der Waals surface area contributed by atoms with E-state index in [2.05, 4.69) is 20.7 Å². The van der Waals surface area contributed by atoms with E-state index in [4.69, 9.17) is 5.84 Å². The fourth-order valence-electron chi connectivity index (χ4n) is 1.34. The quantitative estimate of drug-likeness (QED) is 0.513. The van der Waals surface area contributed by atoms with Crippen molar-refractivity contribution in [1.82, 2.24) is 14.9 Å². The molecule has 0 aliphatic carbocycles. The van der Waals surface area contributed by atoms with Crippen molar-refractivity contribution < 1.29 is 0 Å². The maximum atomic E-state index is 5.75. The Morgan fingerprint density at radius 2 is 1.95 bits per heavy atom. The number of anilines is 1. The summed E-state index contributed by atoms with van der Waals surface area (Å²) in [5.41, 5.74) is 3.75. The number of nitrogen functional groups attached to an aromatic ring is 1. The molecule has 0 saturated heterocycles. The van der Waals surface area contributed by atoms with Crippen molar-refractivity contribution in [1.29, 1.82) is 0 Å². The number of hydrogen-bond acceptors (Lipinski definition) is 5. The number of nitrogens with zero attached hydrogens (tertiary/aromatic N) is 4. The monoisotopic (exact) mass is 302 g/mol. The molecule has 0 saturated carbocycles. The zero-order valence-corrected chi connectivity index (χ0v) is 12.0. The van der Waals surface area contributed by atoms with E-state index in [-0.39, 0.29) is 24.8 Å². The SMILES string of the molecule is CCc1nnc(NN=Cc2ccccc2)n1N.Cl.Cl. The van der Waals surface area contributed by atoms with Gasteiger partial charge in [0, 0.05) is 6.42 Å². The summed E-state index contributed by atoms with van der Waals surface area (Å²) in [4.78, 5) is 0. The molecule has 2 rings (SSSR count).